The van der Waals surface area contributed by atoms with Crippen molar-refractivity contribution >= 4 is 11.6 Å². The van der Waals surface area contributed by atoms with Crippen LogP contribution < -0.4 is 5.32 Å². The number of nitrogens with one attached hydrogen (secondary N) is 1. The predicted octanol–water partition coefficient (Wildman–Crippen LogP) is 0.623. The Bertz CT molecular complexity index is 400. The molecule has 17 heavy (non-hydrogen) atoms. The lowest BCUT2D eigenvalue weighted by atomic mass is 10.0. The first-order valence-corrected chi connectivity index (χ1v) is 6.08. The lowest BCUT2D eigenvalue weighted by Gasteiger charge is -2.20. The highest BCUT2D eigenvalue weighted by atomic mass is 35.5. The SMILES string of the molecule is Cc1nn(C)c(CNCC2(O)CCOC2)c1Cl. The maximum absolute atomic E-state index is 10.1. The fourth-order valence-corrected chi connectivity index (χ4v) is 2.25. The summed E-state index contributed by atoms with van der Waals surface area (Å²) in [6, 6.07) is 0. The molecule has 1 saturated heterocycles. The first-order valence-electron chi connectivity index (χ1n) is 5.71. The Balaban J connectivity index is 1.89. The van der Waals surface area contributed by atoms with Crippen LogP contribution in [0.2, 0.25) is 5.02 Å². The Morgan fingerprint density at radius 2 is 2.41 bits per heavy atom. The molecule has 1 aliphatic rings. The van der Waals surface area contributed by atoms with Crippen molar-refractivity contribution < 1.29 is 9.84 Å². The molecule has 1 aliphatic heterocycles. The van der Waals surface area contributed by atoms with E-state index in [0.717, 1.165) is 11.4 Å². The van der Waals surface area contributed by atoms with E-state index in [1.165, 1.54) is 0 Å². The molecule has 1 atom stereocenters. The van der Waals surface area contributed by atoms with Crippen molar-refractivity contribution in [2.75, 3.05) is 19.8 Å². The first kappa shape index (κ1) is 12.8. The number of rotatable bonds is 4. The number of halogens is 1. The van der Waals surface area contributed by atoms with E-state index in [4.69, 9.17) is 16.3 Å². The lowest BCUT2D eigenvalue weighted by molar-refractivity contribution is 0.0267. The van der Waals surface area contributed by atoms with E-state index in [9.17, 15) is 5.11 Å². The van der Waals surface area contributed by atoms with Gasteiger partial charge in [-0.3, -0.25) is 4.68 Å². The van der Waals surface area contributed by atoms with Crippen molar-refractivity contribution in [3.63, 3.8) is 0 Å². The number of aliphatic hydroxyl groups is 1. The van der Waals surface area contributed by atoms with Crippen molar-refractivity contribution in [2.24, 2.45) is 7.05 Å². The fourth-order valence-electron chi connectivity index (χ4n) is 2.02. The van der Waals surface area contributed by atoms with Crippen LogP contribution in [0.4, 0.5) is 0 Å². The summed E-state index contributed by atoms with van der Waals surface area (Å²) in [6.45, 7) is 4.01. The van der Waals surface area contributed by atoms with Crippen LogP contribution in [-0.4, -0.2) is 40.2 Å². The highest BCUT2D eigenvalue weighted by Crippen LogP contribution is 2.20. The third kappa shape index (κ3) is 2.80. The van der Waals surface area contributed by atoms with Crippen LogP contribution in [0, 0.1) is 6.92 Å². The van der Waals surface area contributed by atoms with Crippen molar-refractivity contribution in [3.05, 3.63) is 16.4 Å². The average Bonchev–Trinajstić information content (AvgIpc) is 2.79. The second-order valence-electron chi connectivity index (χ2n) is 4.60. The zero-order valence-electron chi connectivity index (χ0n) is 10.2. The highest BCUT2D eigenvalue weighted by molar-refractivity contribution is 6.31. The van der Waals surface area contributed by atoms with Crippen molar-refractivity contribution in [2.45, 2.75) is 25.5 Å². The summed E-state index contributed by atoms with van der Waals surface area (Å²) in [4.78, 5) is 0. The van der Waals surface area contributed by atoms with Crippen molar-refractivity contribution in [1.82, 2.24) is 15.1 Å². The zero-order valence-corrected chi connectivity index (χ0v) is 10.9. The molecule has 0 aromatic carbocycles. The van der Waals surface area contributed by atoms with Gasteiger partial charge in [0.1, 0.15) is 5.60 Å². The maximum atomic E-state index is 10.1. The third-order valence-electron chi connectivity index (χ3n) is 3.09. The minimum atomic E-state index is -0.736. The lowest BCUT2D eigenvalue weighted by Crippen LogP contribution is -2.41. The van der Waals surface area contributed by atoms with E-state index in [1.54, 1.807) is 4.68 Å². The summed E-state index contributed by atoms with van der Waals surface area (Å²) in [7, 11) is 1.86. The Morgan fingerprint density at radius 1 is 1.65 bits per heavy atom. The molecule has 2 N–H and O–H groups in total. The number of nitrogens with zero attached hydrogens (tertiary/aromatic N) is 2. The van der Waals surface area contributed by atoms with Gasteiger partial charge in [-0.1, -0.05) is 11.6 Å². The maximum Gasteiger partial charge on any atom is 0.103 e. The van der Waals surface area contributed by atoms with E-state index in [1.807, 2.05) is 14.0 Å². The Kier molecular flexibility index (Phi) is 3.73. The molecule has 0 amide bonds. The molecule has 1 unspecified atom stereocenters. The monoisotopic (exact) mass is 259 g/mol. The van der Waals surface area contributed by atoms with Crippen LogP contribution >= 0.6 is 11.6 Å². The zero-order chi connectivity index (χ0) is 12.5. The van der Waals surface area contributed by atoms with Gasteiger partial charge in [-0.15, -0.1) is 0 Å². The first-order chi connectivity index (χ1) is 8.02. The molecule has 1 aromatic rings. The van der Waals surface area contributed by atoms with E-state index < -0.39 is 5.60 Å². The van der Waals surface area contributed by atoms with Gasteiger partial charge in [0.15, 0.2) is 0 Å². The second-order valence-corrected chi connectivity index (χ2v) is 4.98. The second kappa shape index (κ2) is 4.94. The molecule has 96 valence electrons. The molecular formula is C11H18ClN3O2. The fraction of sp³-hybridized carbons (Fsp3) is 0.727. The van der Waals surface area contributed by atoms with E-state index in [0.29, 0.717) is 37.7 Å². The van der Waals surface area contributed by atoms with E-state index >= 15 is 0 Å². The molecule has 0 saturated carbocycles. The van der Waals surface area contributed by atoms with Crippen LogP contribution in [0.3, 0.4) is 0 Å². The van der Waals surface area contributed by atoms with Gasteiger partial charge in [-0.25, -0.2) is 0 Å². The Labute approximate surface area is 106 Å². The van der Waals surface area contributed by atoms with Gasteiger partial charge in [0.2, 0.25) is 0 Å². The molecule has 2 heterocycles. The van der Waals surface area contributed by atoms with Crippen LogP contribution in [-0.2, 0) is 18.3 Å². The van der Waals surface area contributed by atoms with Gasteiger partial charge in [0.05, 0.1) is 23.0 Å². The molecule has 0 radical (unpaired) electrons. The van der Waals surface area contributed by atoms with Crippen LogP contribution in [0.25, 0.3) is 0 Å². The van der Waals surface area contributed by atoms with Gasteiger partial charge >= 0.3 is 0 Å². The van der Waals surface area contributed by atoms with Crippen LogP contribution in [0.15, 0.2) is 0 Å². The highest BCUT2D eigenvalue weighted by Gasteiger charge is 2.31. The number of ether oxygens (including phenoxy) is 1. The molecule has 0 bridgehead atoms. The number of aryl methyl sites for hydroxylation is 2. The molecule has 1 aromatic heterocycles. The summed E-state index contributed by atoms with van der Waals surface area (Å²) in [6.07, 6.45) is 0.679. The van der Waals surface area contributed by atoms with Gasteiger partial charge in [0, 0.05) is 33.2 Å². The summed E-state index contributed by atoms with van der Waals surface area (Å²) >= 11 is 6.13. The largest absolute Gasteiger partial charge is 0.386 e. The van der Waals surface area contributed by atoms with Gasteiger partial charge in [-0.05, 0) is 6.92 Å². The minimum absolute atomic E-state index is 0.401. The minimum Gasteiger partial charge on any atom is -0.386 e. The van der Waals surface area contributed by atoms with Crippen LogP contribution in [0.5, 0.6) is 0 Å². The molecule has 6 heteroatoms. The van der Waals surface area contributed by atoms with Crippen molar-refractivity contribution in [1.29, 1.82) is 0 Å². The van der Waals surface area contributed by atoms with Gasteiger partial charge in [-0.2, -0.15) is 5.10 Å². The summed E-state index contributed by atoms with van der Waals surface area (Å²) in [5.41, 5.74) is 1.03. The average molecular weight is 260 g/mol. The van der Waals surface area contributed by atoms with E-state index in [-0.39, 0.29) is 0 Å². The summed E-state index contributed by atoms with van der Waals surface area (Å²) < 4.78 is 6.94. The van der Waals surface area contributed by atoms with Crippen LogP contribution in [0.1, 0.15) is 17.8 Å². The third-order valence-corrected chi connectivity index (χ3v) is 3.58. The van der Waals surface area contributed by atoms with Crippen molar-refractivity contribution in [3.8, 4) is 0 Å². The predicted molar refractivity (Wildman–Crippen MR) is 65.0 cm³/mol. The smallest absolute Gasteiger partial charge is 0.103 e. The molecule has 0 aliphatic carbocycles. The van der Waals surface area contributed by atoms with Gasteiger partial charge in [0.25, 0.3) is 0 Å². The molecular weight excluding hydrogens is 242 g/mol. The summed E-state index contributed by atoms with van der Waals surface area (Å²) in [5.74, 6) is 0. The Morgan fingerprint density at radius 3 is 2.94 bits per heavy atom. The van der Waals surface area contributed by atoms with E-state index in [2.05, 4.69) is 10.4 Å². The molecule has 0 spiro atoms. The molecule has 5 nitrogen and oxygen atoms in total. The number of hydrogen-bond acceptors (Lipinski definition) is 4. The topological polar surface area (TPSA) is 59.3 Å². The normalized spacial score (nSPS) is 24.5. The van der Waals surface area contributed by atoms with Gasteiger partial charge < -0.3 is 15.2 Å². The number of aromatic nitrogens is 2. The Hall–Kier alpha value is -0.620. The molecule has 2 rings (SSSR count). The summed E-state index contributed by atoms with van der Waals surface area (Å²) in [5, 5.41) is 18.2. The quantitative estimate of drug-likeness (QED) is 0.833. The molecule has 1 fully saturated rings. The standard InChI is InChI=1S/C11H18ClN3O2/c1-8-10(12)9(15(2)14-8)5-13-6-11(16)3-4-17-7-11/h13,16H,3-7H2,1-2H3. The number of hydrogen-bond donors (Lipinski definition) is 2.